The minimum atomic E-state index is -1.01. The lowest BCUT2D eigenvalue weighted by molar-refractivity contribution is -0.155. The van der Waals surface area contributed by atoms with Gasteiger partial charge >= 0.3 is 11.9 Å². The van der Waals surface area contributed by atoms with E-state index in [9.17, 15) is 24.3 Å². The maximum Gasteiger partial charge on any atom is 0.329 e. The Labute approximate surface area is 169 Å². The summed E-state index contributed by atoms with van der Waals surface area (Å²) >= 11 is 0. The zero-order chi connectivity index (χ0) is 20.8. The molecule has 3 rings (SSSR count). The van der Waals surface area contributed by atoms with Crippen molar-refractivity contribution in [2.24, 2.45) is 0 Å². The molecule has 0 aromatic heterocycles. The van der Waals surface area contributed by atoms with Crippen LogP contribution in [0.2, 0.25) is 0 Å². The lowest BCUT2D eigenvalue weighted by Gasteiger charge is -2.24. The molecular weight excluding hydrogens is 376 g/mol. The molecule has 2 atom stereocenters. The molecule has 0 saturated carbocycles. The van der Waals surface area contributed by atoms with Crippen LogP contribution in [0.5, 0.6) is 0 Å². The number of likely N-dealkylation sites (tertiary alicyclic amines) is 2. The Morgan fingerprint density at radius 1 is 0.897 bits per heavy atom. The Balaban J connectivity index is 1.49. The number of carbonyl (C=O) groups excluding carboxylic acids is 3. The van der Waals surface area contributed by atoms with Crippen LogP contribution >= 0.6 is 0 Å². The molecular formula is C21H26N2O6. The number of carbonyl (C=O) groups is 4. The van der Waals surface area contributed by atoms with Crippen LogP contribution in [0.4, 0.5) is 0 Å². The second kappa shape index (κ2) is 9.54. The fourth-order valence-corrected chi connectivity index (χ4v) is 3.96. The van der Waals surface area contributed by atoms with E-state index in [1.807, 2.05) is 30.3 Å². The highest BCUT2D eigenvalue weighted by atomic mass is 16.5. The Morgan fingerprint density at radius 2 is 1.45 bits per heavy atom. The van der Waals surface area contributed by atoms with E-state index in [1.165, 1.54) is 9.80 Å². The zero-order valence-corrected chi connectivity index (χ0v) is 16.3. The van der Waals surface area contributed by atoms with Gasteiger partial charge in [0.05, 0.1) is 0 Å². The summed E-state index contributed by atoms with van der Waals surface area (Å²) in [6.45, 7) is 1.02. The van der Waals surface area contributed by atoms with E-state index in [2.05, 4.69) is 0 Å². The standard InChI is InChI=1S/C21H26N2O6/c24-18(22-12-4-8-16(22)20(26)27)10-11-19(25)23-13-5-9-17(23)21(28)29-14-15-6-2-1-3-7-15/h1-3,6-7,16-17H,4-5,8-14H2,(H,26,27)/t16-,17-/m1/s1. The number of hydrogen-bond donors (Lipinski definition) is 1. The fourth-order valence-electron chi connectivity index (χ4n) is 3.96. The molecule has 29 heavy (non-hydrogen) atoms. The van der Waals surface area contributed by atoms with Crippen LogP contribution in [0.15, 0.2) is 30.3 Å². The molecule has 0 bridgehead atoms. The van der Waals surface area contributed by atoms with Gasteiger partial charge in [0.15, 0.2) is 0 Å². The predicted octanol–water partition coefficient (Wildman–Crippen LogP) is 1.58. The summed E-state index contributed by atoms with van der Waals surface area (Å²) in [6, 6.07) is 7.90. The molecule has 0 unspecified atom stereocenters. The first-order chi connectivity index (χ1) is 14.0. The van der Waals surface area contributed by atoms with Gasteiger partial charge in [0.25, 0.3) is 0 Å². The molecule has 156 valence electrons. The highest BCUT2D eigenvalue weighted by Crippen LogP contribution is 2.22. The van der Waals surface area contributed by atoms with E-state index in [0.29, 0.717) is 38.8 Å². The van der Waals surface area contributed by atoms with Gasteiger partial charge in [-0.05, 0) is 31.2 Å². The van der Waals surface area contributed by atoms with E-state index < -0.39 is 24.0 Å². The van der Waals surface area contributed by atoms with E-state index in [0.717, 1.165) is 5.56 Å². The Hall–Kier alpha value is -2.90. The van der Waals surface area contributed by atoms with Crippen molar-refractivity contribution in [2.45, 2.75) is 57.2 Å². The minimum Gasteiger partial charge on any atom is -0.480 e. The first-order valence-electron chi connectivity index (χ1n) is 9.99. The molecule has 2 saturated heterocycles. The second-order valence-corrected chi connectivity index (χ2v) is 7.42. The number of amides is 2. The zero-order valence-electron chi connectivity index (χ0n) is 16.3. The maximum atomic E-state index is 12.6. The quantitative estimate of drug-likeness (QED) is 0.695. The first-order valence-corrected chi connectivity index (χ1v) is 9.99. The minimum absolute atomic E-state index is 0.0376. The van der Waals surface area contributed by atoms with Crippen molar-refractivity contribution in [1.29, 1.82) is 0 Å². The van der Waals surface area contributed by atoms with Gasteiger partial charge in [0.2, 0.25) is 11.8 Å². The van der Waals surface area contributed by atoms with Gasteiger partial charge in [0.1, 0.15) is 18.7 Å². The average molecular weight is 402 g/mol. The maximum absolute atomic E-state index is 12.6. The summed E-state index contributed by atoms with van der Waals surface area (Å²) in [5.74, 6) is -2.05. The van der Waals surface area contributed by atoms with E-state index >= 15 is 0 Å². The van der Waals surface area contributed by atoms with Crippen molar-refractivity contribution in [3.8, 4) is 0 Å². The number of ether oxygens (including phenoxy) is 1. The van der Waals surface area contributed by atoms with Crippen LogP contribution in [0.25, 0.3) is 0 Å². The number of carboxylic acids is 1. The Morgan fingerprint density at radius 3 is 2.03 bits per heavy atom. The summed E-state index contributed by atoms with van der Waals surface area (Å²) in [5, 5.41) is 9.19. The van der Waals surface area contributed by atoms with Crippen molar-refractivity contribution in [1.82, 2.24) is 9.80 Å². The van der Waals surface area contributed by atoms with Gasteiger partial charge in [-0.1, -0.05) is 30.3 Å². The van der Waals surface area contributed by atoms with Crippen molar-refractivity contribution in [2.75, 3.05) is 13.1 Å². The van der Waals surface area contributed by atoms with E-state index in [-0.39, 0.29) is 31.3 Å². The lowest BCUT2D eigenvalue weighted by Crippen LogP contribution is -2.43. The van der Waals surface area contributed by atoms with Gasteiger partial charge in [-0.15, -0.1) is 0 Å². The number of rotatable bonds is 7. The third-order valence-corrected chi connectivity index (χ3v) is 5.48. The lowest BCUT2D eigenvalue weighted by atomic mass is 10.2. The average Bonchev–Trinajstić information content (AvgIpc) is 3.40. The van der Waals surface area contributed by atoms with Crippen molar-refractivity contribution in [3.63, 3.8) is 0 Å². The first kappa shape index (κ1) is 20.8. The van der Waals surface area contributed by atoms with Gasteiger partial charge < -0.3 is 19.6 Å². The van der Waals surface area contributed by atoms with Gasteiger partial charge in [-0.2, -0.15) is 0 Å². The van der Waals surface area contributed by atoms with Gasteiger partial charge in [0, 0.05) is 25.9 Å². The SMILES string of the molecule is O=C(O)[C@H]1CCCN1C(=O)CCC(=O)N1CCC[C@@H]1C(=O)OCc1ccccc1. The molecule has 8 nitrogen and oxygen atoms in total. The van der Waals surface area contributed by atoms with Crippen molar-refractivity contribution in [3.05, 3.63) is 35.9 Å². The summed E-state index contributed by atoms with van der Waals surface area (Å²) in [4.78, 5) is 51.4. The summed E-state index contributed by atoms with van der Waals surface area (Å²) in [5.41, 5.74) is 0.876. The molecule has 0 radical (unpaired) electrons. The number of hydrogen-bond acceptors (Lipinski definition) is 5. The monoisotopic (exact) mass is 402 g/mol. The molecule has 1 aromatic carbocycles. The van der Waals surface area contributed by atoms with Crippen molar-refractivity contribution < 1.29 is 29.0 Å². The van der Waals surface area contributed by atoms with Crippen LogP contribution < -0.4 is 0 Å². The predicted molar refractivity (Wildman–Crippen MR) is 103 cm³/mol. The van der Waals surface area contributed by atoms with Gasteiger partial charge in [-0.3, -0.25) is 9.59 Å². The van der Waals surface area contributed by atoms with Crippen LogP contribution in [0.3, 0.4) is 0 Å². The van der Waals surface area contributed by atoms with Crippen LogP contribution in [-0.4, -0.2) is 63.8 Å². The molecule has 0 spiro atoms. The second-order valence-electron chi connectivity index (χ2n) is 7.42. The number of carboxylic acid groups (broad SMARTS) is 1. The largest absolute Gasteiger partial charge is 0.480 e. The van der Waals surface area contributed by atoms with Crippen LogP contribution in [0.1, 0.15) is 44.1 Å². The molecule has 0 aliphatic carbocycles. The normalized spacial score (nSPS) is 21.2. The van der Waals surface area contributed by atoms with E-state index in [4.69, 9.17) is 4.74 Å². The van der Waals surface area contributed by atoms with Crippen LogP contribution in [0, 0.1) is 0 Å². The summed E-state index contributed by atoms with van der Waals surface area (Å²) < 4.78 is 5.37. The molecule has 8 heteroatoms. The molecule has 2 aliphatic rings. The molecule has 2 fully saturated rings. The Bertz CT molecular complexity index is 766. The number of benzene rings is 1. The summed E-state index contributed by atoms with van der Waals surface area (Å²) in [7, 11) is 0. The molecule has 1 N–H and O–H groups in total. The highest BCUT2D eigenvalue weighted by Gasteiger charge is 2.37. The number of nitrogens with zero attached hydrogens (tertiary/aromatic N) is 2. The topological polar surface area (TPSA) is 104 Å². The third kappa shape index (κ3) is 5.13. The van der Waals surface area contributed by atoms with Gasteiger partial charge in [-0.25, -0.2) is 9.59 Å². The smallest absolute Gasteiger partial charge is 0.329 e. The fraction of sp³-hybridized carbons (Fsp3) is 0.524. The summed E-state index contributed by atoms with van der Waals surface area (Å²) in [6.07, 6.45) is 2.25. The third-order valence-electron chi connectivity index (χ3n) is 5.48. The molecule has 2 aliphatic heterocycles. The van der Waals surface area contributed by atoms with Crippen molar-refractivity contribution >= 4 is 23.8 Å². The molecule has 1 aromatic rings. The van der Waals surface area contributed by atoms with E-state index in [1.54, 1.807) is 0 Å². The Kier molecular flexibility index (Phi) is 6.85. The number of aliphatic carboxylic acids is 1. The highest BCUT2D eigenvalue weighted by molar-refractivity contribution is 5.89. The molecule has 2 amide bonds. The molecule has 2 heterocycles. The number of esters is 1. The van der Waals surface area contributed by atoms with Crippen LogP contribution in [-0.2, 0) is 30.5 Å².